The van der Waals surface area contributed by atoms with Gasteiger partial charge in [-0.05, 0) is 87.3 Å². The number of piperazine rings is 1. The lowest BCUT2D eigenvalue weighted by atomic mass is 10.1. The van der Waals surface area contributed by atoms with Crippen LogP contribution in [-0.2, 0) is 6.42 Å². The molecule has 0 aliphatic carbocycles. The van der Waals surface area contributed by atoms with Gasteiger partial charge in [0.05, 0.1) is 24.2 Å². The van der Waals surface area contributed by atoms with Crippen LogP contribution < -0.4 is 9.64 Å². The minimum atomic E-state index is 0.863. The van der Waals surface area contributed by atoms with Gasteiger partial charge >= 0.3 is 0 Å². The standard InChI is InChI=1S/C31H36N4O/c1-24-11-16-30(25(2)22-24)34-20-18-33(19-21-34)17-7-8-27-23-31(26-12-14-29(36-3)15-13-26)35(32-27)28-9-5-4-6-10-28/h4-6,9-16,22-23H,7-8,17-21H2,1-3H3. The van der Waals surface area contributed by atoms with Crippen LogP contribution in [0, 0.1) is 13.8 Å². The number of methoxy groups -OCH3 is 1. The molecule has 0 unspecified atom stereocenters. The van der Waals surface area contributed by atoms with Crippen molar-refractivity contribution >= 4 is 5.69 Å². The number of aryl methyl sites for hydroxylation is 3. The van der Waals surface area contributed by atoms with E-state index >= 15 is 0 Å². The smallest absolute Gasteiger partial charge is 0.118 e. The van der Waals surface area contributed by atoms with Crippen LogP contribution in [-0.4, -0.2) is 54.5 Å². The molecule has 0 spiro atoms. The summed E-state index contributed by atoms with van der Waals surface area (Å²) in [4.78, 5) is 5.13. The maximum atomic E-state index is 5.35. The Kier molecular flexibility index (Phi) is 7.38. The molecule has 1 aromatic heterocycles. The summed E-state index contributed by atoms with van der Waals surface area (Å²) >= 11 is 0. The van der Waals surface area contributed by atoms with Crippen LogP contribution >= 0.6 is 0 Å². The van der Waals surface area contributed by atoms with E-state index in [9.17, 15) is 0 Å². The maximum absolute atomic E-state index is 5.35. The molecule has 5 nitrogen and oxygen atoms in total. The van der Waals surface area contributed by atoms with Gasteiger partial charge in [-0.25, -0.2) is 4.68 Å². The largest absolute Gasteiger partial charge is 0.497 e. The van der Waals surface area contributed by atoms with Crippen molar-refractivity contribution in [3.63, 3.8) is 0 Å². The highest BCUT2D eigenvalue weighted by atomic mass is 16.5. The Balaban J connectivity index is 1.22. The normalized spacial score (nSPS) is 14.2. The summed E-state index contributed by atoms with van der Waals surface area (Å²) in [7, 11) is 1.70. The van der Waals surface area contributed by atoms with Gasteiger partial charge in [-0.3, -0.25) is 4.90 Å². The second-order valence-electron chi connectivity index (χ2n) is 9.72. The third-order valence-corrected chi connectivity index (χ3v) is 7.12. The lowest BCUT2D eigenvalue weighted by molar-refractivity contribution is 0.254. The Morgan fingerprint density at radius 2 is 1.58 bits per heavy atom. The molecule has 1 fully saturated rings. The zero-order chi connectivity index (χ0) is 24.9. The predicted octanol–water partition coefficient (Wildman–Crippen LogP) is 5.92. The molecule has 3 aromatic carbocycles. The molecule has 5 rings (SSSR count). The Labute approximate surface area is 214 Å². The molecule has 186 valence electrons. The highest BCUT2D eigenvalue weighted by molar-refractivity contribution is 5.63. The molecule has 2 heterocycles. The van der Waals surface area contributed by atoms with Gasteiger partial charge in [0.2, 0.25) is 0 Å². The van der Waals surface area contributed by atoms with E-state index < -0.39 is 0 Å². The molecule has 1 aliphatic rings. The summed E-state index contributed by atoms with van der Waals surface area (Å²) < 4.78 is 7.42. The molecule has 0 bridgehead atoms. The SMILES string of the molecule is COc1ccc(-c2cc(CCCN3CCN(c4ccc(C)cc4C)CC3)nn2-c2ccccc2)cc1. The number of benzene rings is 3. The van der Waals surface area contributed by atoms with E-state index in [4.69, 9.17) is 9.84 Å². The lowest BCUT2D eigenvalue weighted by Crippen LogP contribution is -2.46. The van der Waals surface area contributed by atoms with Crippen LogP contribution in [0.3, 0.4) is 0 Å². The van der Waals surface area contributed by atoms with Gasteiger partial charge in [-0.15, -0.1) is 0 Å². The van der Waals surface area contributed by atoms with Crippen molar-refractivity contribution in [3.8, 4) is 22.7 Å². The lowest BCUT2D eigenvalue weighted by Gasteiger charge is -2.36. The monoisotopic (exact) mass is 480 g/mol. The Bertz CT molecular complexity index is 1270. The van der Waals surface area contributed by atoms with E-state index in [0.717, 1.165) is 74.0 Å². The number of ether oxygens (including phenoxy) is 1. The number of hydrogen-bond acceptors (Lipinski definition) is 4. The zero-order valence-electron chi connectivity index (χ0n) is 21.7. The van der Waals surface area contributed by atoms with Crippen molar-refractivity contribution in [2.75, 3.05) is 44.7 Å². The van der Waals surface area contributed by atoms with Crippen molar-refractivity contribution in [2.45, 2.75) is 26.7 Å². The fourth-order valence-corrected chi connectivity index (χ4v) is 5.14. The van der Waals surface area contributed by atoms with E-state index in [0.29, 0.717) is 0 Å². The highest BCUT2D eigenvalue weighted by Gasteiger charge is 2.19. The zero-order valence-corrected chi connectivity index (χ0v) is 21.7. The van der Waals surface area contributed by atoms with E-state index in [-0.39, 0.29) is 0 Å². The Hall–Kier alpha value is -3.57. The number of aromatic nitrogens is 2. The van der Waals surface area contributed by atoms with Crippen molar-refractivity contribution in [1.29, 1.82) is 0 Å². The van der Waals surface area contributed by atoms with E-state index in [1.807, 2.05) is 18.2 Å². The topological polar surface area (TPSA) is 33.5 Å². The average molecular weight is 481 g/mol. The molecule has 0 atom stereocenters. The van der Waals surface area contributed by atoms with E-state index in [1.165, 1.54) is 16.8 Å². The van der Waals surface area contributed by atoms with Crippen LogP contribution in [0.15, 0.2) is 78.9 Å². The second kappa shape index (κ2) is 11.0. The number of para-hydroxylation sites is 1. The molecule has 36 heavy (non-hydrogen) atoms. The van der Waals surface area contributed by atoms with Crippen LogP contribution in [0.2, 0.25) is 0 Å². The molecular weight excluding hydrogens is 444 g/mol. The van der Waals surface area contributed by atoms with Gasteiger partial charge in [0.25, 0.3) is 0 Å². The maximum Gasteiger partial charge on any atom is 0.118 e. The van der Waals surface area contributed by atoms with Gasteiger partial charge in [-0.2, -0.15) is 5.10 Å². The van der Waals surface area contributed by atoms with Crippen molar-refractivity contribution < 1.29 is 4.74 Å². The molecule has 0 radical (unpaired) electrons. The first-order valence-corrected chi connectivity index (χ1v) is 12.9. The highest BCUT2D eigenvalue weighted by Crippen LogP contribution is 2.27. The number of nitrogens with zero attached hydrogens (tertiary/aromatic N) is 4. The van der Waals surface area contributed by atoms with Crippen LogP contribution in [0.5, 0.6) is 5.75 Å². The number of rotatable bonds is 8. The van der Waals surface area contributed by atoms with Crippen molar-refractivity contribution in [1.82, 2.24) is 14.7 Å². The Morgan fingerprint density at radius 3 is 2.28 bits per heavy atom. The van der Waals surface area contributed by atoms with Crippen molar-refractivity contribution in [2.24, 2.45) is 0 Å². The van der Waals surface area contributed by atoms with E-state index in [1.54, 1.807) is 7.11 Å². The quantitative estimate of drug-likeness (QED) is 0.313. The molecule has 0 amide bonds. The van der Waals surface area contributed by atoms with Crippen LogP contribution in [0.4, 0.5) is 5.69 Å². The van der Waals surface area contributed by atoms with Gasteiger partial charge < -0.3 is 9.64 Å². The number of anilines is 1. The average Bonchev–Trinajstić information content (AvgIpc) is 3.34. The summed E-state index contributed by atoms with van der Waals surface area (Å²) in [6, 6.07) is 27.7. The van der Waals surface area contributed by atoms with Gasteiger partial charge in [-0.1, -0.05) is 35.9 Å². The summed E-state index contributed by atoms with van der Waals surface area (Å²) in [5.74, 6) is 0.863. The minimum Gasteiger partial charge on any atom is -0.497 e. The second-order valence-corrected chi connectivity index (χ2v) is 9.72. The third-order valence-electron chi connectivity index (χ3n) is 7.12. The molecule has 0 N–H and O–H groups in total. The van der Waals surface area contributed by atoms with Crippen LogP contribution in [0.1, 0.15) is 23.2 Å². The van der Waals surface area contributed by atoms with Crippen LogP contribution in [0.25, 0.3) is 16.9 Å². The molecule has 5 heteroatoms. The van der Waals surface area contributed by atoms with Gasteiger partial charge in [0.15, 0.2) is 0 Å². The number of hydrogen-bond donors (Lipinski definition) is 0. The molecule has 0 saturated carbocycles. The first-order chi connectivity index (χ1) is 17.6. The van der Waals surface area contributed by atoms with Crippen molar-refractivity contribution in [3.05, 3.63) is 95.7 Å². The molecule has 4 aromatic rings. The first kappa shape index (κ1) is 24.1. The molecule has 1 aliphatic heterocycles. The summed E-state index contributed by atoms with van der Waals surface area (Å²) in [5.41, 5.74) is 8.57. The van der Waals surface area contributed by atoms with Gasteiger partial charge in [0.1, 0.15) is 5.75 Å². The fourth-order valence-electron chi connectivity index (χ4n) is 5.14. The fraction of sp³-hybridized carbons (Fsp3) is 0.323. The third kappa shape index (κ3) is 5.47. The van der Waals surface area contributed by atoms with Gasteiger partial charge in [0, 0.05) is 37.4 Å². The molecule has 1 saturated heterocycles. The minimum absolute atomic E-state index is 0.863. The first-order valence-electron chi connectivity index (χ1n) is 12.9. The molecular formula is C31H36N4O. The predicted molar refractivity (Wildman–Crippen MR) is 148 cm³/mol. The Morgan fingerprint density at radius 1 is 0.833 bits per heavy atom. The summed E-state index contributed by atoms with van der Waals surface area (Å²) in [6.45, 7) is 9.91. The van der Waals surface area contributed by atoms with E-state index in [2.05, 4.69) is 89.0 Å². The summed E-state index contributed by atoms with van der Waals surface area (Å²) in [6.07, 6.45) is 2.08. The summed E-state index contributed by atoms with van der Waals surface area (Å²) in [5, 5.41) is 5.01.